The lowest BCUT2D eigenvalue weighted by molar-refractivity contribution is 0.134. The third kappa shape index (κ3) is 7.28. The molecule has 0 aromatic carbocycles. The Bertz CT molecular complexity index is 517. The van der Waals surface area contributed by atoms with Crippen LogP contribution in [0.25, 0.3) is 0 Å². The van der Waals surface area contributed by atoms with E-state index in [0.29, 0.717) is 17.4 Å². The standard InChI is InChI=1S/C13H17F3N2O2S2/c1-9(2)3-5-20-18-8-10-7-17-13(21-10)22(19)6-4-11(14)12(15)16/h7-9H,3-6H2,1-2H3/b18-8+. The van der Waals surface area contributed by atoms with E-state index in [-0.39, 0.29) is 10.1 Å². The molecule has 0 amide bonds. The molecular formula is C13H17F3N2O2S2. The van der Waals surface area contributed by atoms with Gasteiger partial charge in [0.2, 0.25) is 0 Å². The minimum atomic E-state index is -2.37. The Balaban J connectivity index is 2.43. The quantitative estimate of drug-likeness (QED) is 0.290. The molecule has 0 bridgehead atoms. The average molecular weight is 354 g/mol. The summed E-state index contributed by atoms with van der Waals surface area (Å²) in [5.74, 6) is -1.25. The molecule has 1 rings (SSSR count). The van der Waals surface area contributed by atoms with E-state index in [9.17, 15) is 17.7 Å². The van der Waals surface area contributed by atoms with Crippen molar-refractivity contribution in [1.82, 2.24) is 4.98 Å². The molecule has 1 aromatic rings. The van der Waals surface area contributed by atoms with Crippen LogP contribution in [0.1, 0.15) is 31.6 Å². The van der Waals surface area contributed by atoms with Gasteiger partial charge in [0, 0.05) is 11.2 Å². The molecular weight excluding hydrogens is 337 g/mol. The molecule has 1 atom stereocenters. The van der Waals surface area contributed by atoms with Crippen molar-refractivity contribution in [2.75, 3.05) is 12.4 Å². The summed E-state index contributed by atoms with van der Waals surface area (Å²) in [4.78, 5) is 9.59. The minimum Gasteiger partial charge on any atom is -0.610 e. The fourth-order valence-electron chi connectivity index (χ4n) is 1.23. The highest BCUT2D eigenvalue weighted by molar-refractivity contribution is 7.93. The molecule has 0 aliphatic heterocycles. The van der Waals surface area contributed by atoms with Crippen molar-refractivity contribution in [3.8, 4) is 0 Å². The summed E-state index contributed by atoms with van der Waals surface area (Å²) in [6.45, 7) is 4.65. The molecule has 1 heterocycles. The van der Waals surface area contributed by atoms with Gasteiger partial charge in [-0.3, -0.25) is 0 Å². The second-order valence-corrected chi connectivity index (χ2v) is 7.55. The van der Waals surface area contributed by atoms with Crippen LogP contribution in [0.3, 0.4) is 0 Å². The van der Waals surface area contributed by atoms with Crippen molar-refractivity contribution in [1.29, 1.82) is 0 Å². The maximum Gasteiger partial charge on any atom is 0.302 e. The van der Waals surface area contributed by atoms with Gasteiger partial charge in [0.25, 0.3) is 0 Å². The molecule has 0 aliphatic rings. The predicted molar refractivity (Wildman–Crippen MR) is 81.4 cm³/mol. The summed E-state index contributed by atoms with van der Waals surface area (Å²) in [5, 5.41) is 3.76. The van der Waals surface area contributed by atoms with E-state index < -0.39 is 29.5 Å². The molecule has 4 nitrogen and oxygen atoms in total. The van der Waals surface area contributed by atoms with E-state index in [1.165, 1.54) is 12.4 Å². The zero-order valence-electron chi connectivity index (χ0n) is 12.2. The first-order valence-electron chi connectivity index (χ1n) is 6.59. The van der Waals surface area contributed by atoms with Crippen LogP contribution < -0.4 is 0 Å². The number of thiazole rings is 1. The second-order valence-electron chi connectivity index (χ2n) is 4.74. The minimum absolute atomic E-state index is 0.238. The fourth-order valence-corrected chi connectivity index (χ4v) is 3.36. The topological polar surface area (TPSA) is 57.5 Å². The third-order valence-electron chi connectivity index (χ3n) is 2.45. The Labute approximate surface area is 134 Å². The van der Waals surface area contributed by atoms with Crippen LogP contribution >= 0.6 is 11.3 Å². The molecule has 1 unspecified atom stereocenters. The first-order valence-corrected chi connectivity index (χ1v) is 8.73. The number of hydrogen-bond acceptors (Lipinski definition) is 5. The van der Waals surface area contributed by atoms with Crippen molar-refractivity contribution in [2.24, 2.45) is 11.1 Å². The summed E-state index contributed by atoms with van der Waals surface area (Å²) in [6.07, 6.45) is 0.841. The molecule has 9 heteroatoms. The average Bonchev–Trinajstić information content (AvgIpc) is 2.92. The summed E-state index contributed by atoms with van der Waals surface area (Å²) in [7, 11) is 0. The number of hydrogen-bond donors (Lipinski definition) is 0. The molecule has 22 heavy (non-hydrogen) atoms. The Hall–Kier alpha value is -1.06. The van der Waals surface area contributed by atoms with E-state index in [0.717, 1.165) is 17.8 Å². The van der Waals surface area contributed by atoms with Crippen LogP contribution in [0.4, 0.5) is 13.2 Å². The number of aromatic nitrogens is 1. The zero-order valence-corrected chi connectivity index (χ0v) is 13.9. The number of oxime groups is 1. The summed E-state index contributed by atoms with van der Waals surface area (Å²) in [5.41, 5.74) is 0. The highest BCUT2D eigenvalue weighted by Gasteiger charge is 2.18. The highest BCUT2D eigenvalue weighted by Crippen LogP contribution is 2.21. The Morgan fingerprint density at radius 1 is 1.50 bits per heavy atom. The van der Waals surface area contributed by atoms with Gasteiger partial charge in [0.05, 0.1) is 23.7 Å². The van der Waals surface area contributed by atoms with E-state index in [1.807, 2.05) is 0 Å². The van der Waals surface area contributed by atoms with E-state index >= 15 is 0 Å². The third-order valence-corrected chi connectivity index (χ3v) is 5.05. The van der Waals surface area contributed by atoms with Gasteiger partial charge in [-0.25, -0.2) is 4.39 Å². The largest absolute Gasteiger partial charge is 0.610 e. The van der Waals surface area contributed by atoms with Crippen molar-refractivity contribution in [3.05, 3.63) is 23.0 Å². The molecule has 0 aliphatic carbocycles. The monoisotopic (exact) mass is 354 g/mol. The molecule has 0 N–H and O–H groups in total. The lowest BCUT2D eigenvalue weighted by Gasteiger charge is -2.04. The van der Waals surface area contributed by atoms with Gasteiger partial charge in [-0.1, -0.05) is 30.3 Å². The molecule has 0 fully saturated rings. The first-order chi connectivity index (χ1) is 10.4. The van der Waals surface area contributed by atoms with Gasteiger partial charge >= 0.3 is 10.4 Å². The van der Waals surface area contributed by atoms with Crippen LogP contribution in [0, 0.1) is 5.92 Å². The van der Waals surface area contributed by atoms with Gasteiger partial charge in [0.15, 0.2) is 5.83 Å². The normalized spacial score (nSPS) is 12.9. The maximum absolute atomic E-state index is 12.6. The first kappa shape index (κ1) is 19.0. The van der Waals surface area contributed by atoms with Gasteiger partial charge in [0.1, 0.15) is 12.4 Å². The molecule has 1 aromatic heterocycles. The van der Waals surface area contributed by atoms with Gasteiger partial charge < -0.3 is 9.39 Å². The van der Waals surface area contributed by atoms with Crippen LogP contribution in [-0.4, -0.2) is 28.1 Å². The zero-order chi connectivity index (χ0) is 16.5. The number of nitrogens with zero attached hydrogens (tertiary/aromatic N) is 2. The number of allylic oxidation sites excluding steroid dienone is 1. The molecule has 0 saturated carbocycles. The second kappa shape index (κ2) is 9.86. The van der Waals surface area contributed by atoms with Crippen molar-refractivity contribution in [3.63, 3.8) is 0 Å². The lowest BCUT2D eigenvalue weighted by Crippen LogP contribution is -2.06. The summed E-state index contributed by atoms with van der Waals surface area (Å²) in [6, 6.07) is 0. The number of rotatable bonds is 9. The Morgan fingerprint density at radius 2 is 2.23 bits per heavy atom. The van der Waals surface area contributed by atoms with Crippen molar-refractivity contribution >= 4 is 28.7 Å². The summed E-state index contributed by atoms with van der Waals surface area (Å²) >= 11 is -0.519. The smallest absolute Gasteiger partial charge is 0.302 e. The molecule has 0 radical (unpaired) electrons. The Kier molecular flexibility index (Phi) is 8.51. The lowest BCUT2D eigenvalue weighted by atomic mass is 10.1. The van der Waals surface area contributed by atoms with Crippen molar-refractivity contribution < 1.29 is 22.6 Å². The predicted octanol–water partition coefficient (Wildman–Crippen LogP) is 4.12. The van der Waals surface area contributed by atoms with Gasteiger partial charge in [-0.05, 0) is 12.3 Å². The van der Waals surface area contributed by atoms with Crippen molar-refractivity contribution in [2.45, 2.75) is 31.0 Å². The highest BCUT2D eigenvalue weighted by atomic mass is 32.2. The van der Waals surface area contributed by atoms with E-state index in [2.05, 4.69) is 24.0 Å². The van der Waals surface area contributed by atoms with Crippen LogP contribution in [-0.2, 0) is 16.0 Å². The molecule has 0 spiro atoms. The summed E-state index contributed by atoms with van der Waals surface area (Å²) < 4.78 is 48.5. The van der Waals surface area contributed by atoms with E-state index in [4.69, 9.17) is 4.84 Å². The number of halogens is 3. The van der Waals surface area contributed by atoms with Gasteiger partial charge in [-0.15, -0.1) is 0 Å². The Morgan fingerprint density at radius 3 is 2.86 bits per heavy atom. The van der Waals surface area contributed by atoms with Gasteiger partial charge in [-0.2, -0.15) is 13.8 Å². The SMILES string of the molecule is CC(C)CCO/N=C/c1cnc([S+]([O-])CCC(F)=C(F)F)s1. The van der Waals surface area contributed by atoms with E-state index in [1.54, 1.807) is 0 Å². The molecule has 0 saturated heterocycles. The van der Waals surface area contributed by atoms with Crippen LogP contribution in [0.15, 0.2) is 27.6 Å². The van der Waals surface area contributed by atoms with Crippen LogP contribution in [0.5, 0.6) is 0 Å². The fraction of sp³-hybridized carbons (Fsp3) is 0.538. The molecule has 124 valence electrons. The van der Waals surface area contributed by atoms with Crippen LogP contribution in [0.2, 0.25) is 0 Å². The maximum atomic E-state index is 12.6.